The molecular weight excluding hydrogens is 330 g/mol. The van der Waals surface area contributed by atoms with Crippen LogP contribution >= 0.6 is 0 Å². The van der Waals surface area contributed by atoms with Gasteiger partial charge >= 0.3 is 0 Å². The second-order valence-electron chi connectivity index (χ2n) is 6.61. The number of amides is 2. The number of aryl methyl sites for hydroxylation is 1. The third kappa shape index (κ3) is 4.36. The van der Waals surface area contributed by atoms with Gasteiger partial charge in [0.05, 0.1) is 0 Å². The molecule has 3 N–H and O–H groups in total. The van der Waals surface area contributed by atoms with Gasteiger partial charge in [-0.25, -0.2) is 0 Å². The van der Waals surface area contributed by atoms with Gasteiger partial charge in [0.25, 0.3) is 5.91 Å². The van der Waals surface area contributed by atoms with Gasteiger partial charge in [-0.05, 0) is 37.5 Å². The number of nitrogens with two attached hydrogens (primary N) is 1. The Bertz CT molecular complexity index is 766. The summed E-state index contributed by atoms with van der Waals surface area (Å²) in [6.45, 7) is 4.06. The van der Waals surface area contributed by atoms with E-state index in [1.54, 1.807) is 12.1 Å². The number of nitrogens with zero attached hydrogens (tertiary/aromatic N) is 3. The summed E-state index contributed by atoms with van der Waals surface area (Å²) in [4.78, 5) is 25.5. The lowest BCUT2D eigenvalue weighted by Crippen LogP contribution is -2.40. The van der Waals surface area contributed by atoms with Gasteiger partial charge < -0.3 is 16.0 Å². The number of rotatable bonds is 5. The average molecular weight is 353 g/mol. The monoisotopic (exact) mass is 353 g/mol. The molecule has 7 heteroatoms. The molecule has 2 heterocycles. The minimum Gasteiger partial charge on any atom is -0.364 e. The van der Waals surface area contributed by atoms with Crippen molar-refractivity contribution in [1.82, 2.24) is 15.5 Å². The van der Waals surface area contributed by atoms with Gasteiger partial charge in [-0.15, -0.1) is 10.2 Å². The van der Waals surface area contributed by atoms with Crippen LogP contribution in [-0.2, 0) is 11.3 Å². The lowest BCUT2D eigenvalue weighted by Gasteiger charge is -2.31. The van der Waals surface area contributed by atoms with Crippen LogP contribution in [0.25, 0.3) is 0 Å². The van der Waals surface area contributed by atoms with E-state index < -0.39 is 5.91 Å². The first-order valence-corrected chi connectivity index (χ1v) is 8.74. The molecule has 0 unspecified atom stereocenters. The van der Waals surface area contributed by atoms with Crippen molar-refractivity contribution < 1.29 is 9.59 Å². The third-order valence-electron chi connectivity index (χ3n) is 4.68. The van der Waals surface area contributed by atoms with Crippen LogP contribution in [0.4, 0.5) is 5.82 Å². The van der Waals surface area contributed by atoms with Crippen LogP contribution in [0.3, 0.4) is 0 Å². The molecular formula is C19H23N5O2. The first kappa shape index (κ1) is 17.8. The summed E-state index contributed by atoms with van der Waals surface area (Å²) in [5.74, 6) is 0.219. The number of nitrogens with one attached hydrogen (secondary N) is 1. The predicted molar refractivity (Wildman–Crippen MR) is 98.5 cm³/mol. The Kier molecular flexibility index (Phi) is 5.46. The zero-order chi connectivity index (χ0) is 18.5. The molecule has 0 radical (unpaired) electrons. The van der Waals surface area contributed by atoms with E-state index in [0.717, 1.165) is 31.5 Å². The number of carbonyl (C=O) groups excluding carboxylic acids is 2. The van der Waals surface area contributed by atoms with Crippen LogP contribution < -0.4 is 16.0 Å². The second-order valence-corrected chi connectivity index (χ2v) is 6.61. The molecule has 1 aliphatic heterocycles. The fraction of sp³-hybridized carbons (Fsp3) is 0.368. The zero-order valence-electron chi connectivity index (χ0n) is 14.8. The first-order valence-electron chi connectivity index (χ1n) is 8.74. The van der Waals surface area contributed by atoms with E-state index in [1.165, 1.54) is 5.56 Å². The Hall–Kier alpha value is -2.96. The maximum atomic E-state index is 12.4. The number of carbonyl (C=O) groups is 2. The lowest BCUT2D eigenvalue weighted by atomic mass is 9.96. The summed E-state index contributed by atoms with van der Waals surface area (Å²) in [6, 6.07) is 11.5. The van der Waals surface area contributed by atoms with Crippen LogP contribution in [0.15, 0.2) is 36.4 Å². The van der Waals surface area contributed by atoms with E-state index >= 15 is 0 Å². The molecule has 1 aromatic carbocycles. The molecule has 0 bridgehead atoms. The lowest BCUT2D eigenvalue weighted by molar-refractivity contribution is -0.125. The summed E-state index contributed by atoms with van der Waals surface area (Å²) in [7, 11) is 0. The van der Waals surface area contributed by atoms with Gasteiger partial charge in [-0.2, -0.15) is 0 Å². The van der Waals surface area contributed by atoms with E-state index in [-0.39, 0.29) is 17.5 Å². The fourth-order valence-electron chi connectivity index (χ4n) is 3.04. The Labute approximate surface area is 152 Å². The highest BCUT2D eigenvalue weighted by Gasteiger charge is 2.25. The average Bonchev–Trinajstić information content (AvgIpc) is 2.67. The molecule has 136 valence electrons. The van der Waals surface area contributed by atoms with E-state index in [9.17, 15) is 9.59 Å². The number of piperidine rings is 1. The second kappa shape index (κ2) is 7.95. The highest BCUT2D eigenvalue weighted by Crippen LogP contribution is 2.21. The number of hydrogen-bond acceptors (Lipinski definition) is 5. The van der Waals surface area contributed by atoms with E-state index in [4.69, 9.17) is 5.73 Å². The van der Waals surface area contributed by atoms with Crippen LogP contribution in [-0.4, -0.2) is 35.1 Å². The van der Waals surface area contributed by atoms with E-state index in [1.807, 2.05) is 31.2 Å². The zero-order valence-corrected chi connectivity index (χ0v) is 14.8. The molecule has 2 amide bonds. The van der Waals surface area contributed by atoms with Gasteiger partial charge in [0.2, 0.25) is 5.91 Å². The van der Waals surface area contributed by atoms with Gasteiger partial charge in [0.1, 0.15) is 0 Å². The smallest absolute Gasteiger partial charge is 0.269 e. The highest BCUT2D eigenvalue weighted by molar-refractivity contribution is 5.90. The molecule has 26 heavy (non-hydrogen) atoms. The molecule has 2 aromatic rings. The van der Waals surface area contributed by atoms with Crippen molar-refractivity contribution >= 4 is 17.6 Å². The first-order chi connectivity index (χ1) is 12.5. The summed E-state index contributed by atoms with van der Waals surface area (Å²) in [5, 5.41) is 10.9. The van der Waals surface area contributed by atoms with Crippen molar-refractivity contribution in [2.75, 3.05) is 18.0 Å². The third-order valence-corrected chi connectivity index (χ3v) is 4.68. The van der Waals surface area contributed by atoms with Crippen molar-refractivity contribution in [2.24, 2.45) is 11.7 Å². The summed E-state index contributed by atoms with van der Waals surface area (Å²) in [6.07, 6.45) is 1.53. The Morgan fingerprint density at radius 1 is 1.12 bits per heavy atom. The van der Waals surface area contributed by atoms with Crippen molar-refractivity contribution in [3.05, 3.63) is 53.2 Å². The minimum atomic E-state index is -0.590. The number of primary amides is 1. The van der Waals surface area contributed by atoms with Gasteiger partial charge in [0, 0.05) is 25.6 Å². The van der Waals surface area contributed by atoms with E-state index in [2.05, 4.69) is 20.4 Å². The molecule has 1 aliphatic rings. The molecule has 3 rings (SSSR count). The Morgan fingerprint density at radius 2 is 1.81 bits per heavy atom. The number of anilines is 1. The maximum absolute atomic E-state index is 12.4. The highest BCUT2D eigenvalue weighted by atomic mass is 16.2. The SMILES string of the molecule is Cc1ccc(CNC(=O)C2CCN(c3ccc(C(N)=O)nn3)CC2)cc1. The number of hydrogen-bond donors (Lipinski definition) is 2. The normalized spacial score (nSPS) is 14.9. The molecule has 7 nitrogen and oxygen atoms in total. The molecule has 0 atom stereocenters. The quantitative estimate of drug-likeness (QED) is 0.846. The molecule has 1 saturated heterocycles. The van der Waals surface area contributed by atoms with Crippen molar-refractivity contribution in [2.45, 2.75) is 26.3 Å². The Morgan fingerprint density at radius 3 is 2.38 bits per heavy atom. The largest absolute Gasteiger partial charge is 0.364 e. The van der Waals surface area contributed by atoms with Crippen LogP contribution in [0.1, 0.15) is 34.5 Å². The van der Waals surface area contributed by atoms with Crippen molar-refractivity contribution in [3.63, 3.8) is 0 Å². The Balaban J connectivity index is 1.48. The van der Waals surface area contributed by atoms with Crippen LogP contribution in [0.5, 0.6) is 0 Å². The minimum absolute atomic E-state index is 0.00884. The molecule has 0 saturated carbocycles. The van der Waals surface area contributed by atoms with Gasteiger partial charge in [-0.1, -0.05) is 29.8 Å². The predicted octanol–water partition coefficient (Wildman–Crippen LogP) is 1.42. The summed E-state index contributed by atoms with van der Waals surface area (Å²) in [5.41, 5.74) is 7.63. The standard InChI is InChI=1S/C19H23N5O2/c1-13-2-4-14(5-3-13)12-21-19(26)15-8-10-24(11-9-15)17-7-6-16(18(20)25)22-23-17/h2-7,15H,8-12H2,1H3,(H2,20,25)(H,21,26). The van der Waals surface area contributed by atoms with Gasteiger partial charge in [-0.3, -0.25) is 9.59 Å². The molecule has 0 aliphatic carbocycles. The maximum Gasteiger partial charge on any atom is 0.269 e. The van der Waals surface area contributed by atoms with Crippen LogP contribution in [0, 0.1) is 12.8 Å². The number of aromatic nitrogens is 2. The van der Waals surface area contributed by atoms with Crippen molar-refractivity contribution in [1.29, 1.82) is 0 Å². The van der Waals surface area contributed by atoms with Crippen LogP contribution in [0.2, 0.25) is 0 Å². The van der Waals surface area contributed by atoms with Gasteiger partial charge in [0.15, 0.2) is 11.5 Å². The summed E-state index contributed by atoms with van der Waals surface area (Å²) >= 11 is 0. The molecule has 1 aromatic heterocycles. The number of benzene rings is 1. The topological polar surface area (TPSA) is 101 Å². The van der Waals surface area contributed by atoms with E-state index in [0.29, 0.717) is 12.4 Å². The fourth-order valence-corrected chi connectivity index (χ4v) is 3.04. The van der Waals surface area contributed by atoms with Crippen molar-refractivity contribution in [3.8, 4) is 0 Å². The molecule has 1 fully saturated rings. The molecule has 0 spiro atoms. The summed E-state index contributed by atoms with van der Waals surface area (Å²) < 4.78 is 0.